The number of hydrogen-bond acceptors (Lipinski definition) is 5. The second kappa shape index (κ2) is 3.87. The second-order valence-corrected chi connectivity index (χ2v) is 2.01. The third-order valence-electron chi connectivity index (χ3n) is 1.16. The van der Waals surface area contributed by atoms with Gasteiger partial charge in [0.25, 0.3) is 0 Å². The van der Waals surface area contributed by atoms with E-state index < -0.39 is 5.97 Å². The molecule has 0 unspecified atom stereocenters. The summed E-state index contributed by atoms with van der Waals surface area (Å²) in [5.41, 5.74) is 0. The molecule has 0 radical (unpaired) electrons. The molecule has 0 aromatic carbocycles. The highest BCUT2D eigenvalue weighted by Gasteiger charge is 2.13. The largest absolute Gasteiger partial charge is 0.459 e. The Bertz CT molecular complexity index is 268. The molecule has 0 aliphatic heterocycles. The summed E-state index contributed by atoms with van der Waals surface area (Å²) in [6.07, 6.45) is 1.28. The van der Waals surface area contributed by atoms with Crippen LogP contribution in [0.4, 0.5) is 0 Å². The summed E-state index contributed by atoms with van der Waals surface area (Å²) in [5, 5.41) is 8.58. The topological polar surface area (TPSA) is 72.6 Å². The van der Waals surface area contributed by atoms with Crippen molar-refractivity contribution in [2.24, 2.45) is 0 Å². The number of nitrogens with zero attached hydrogens (tertiary/aromatic N) is 1. The Morgan fingerprint density at radius 3 is 3.08 bits per heavy atom. The minimum Gasteiger partial charge on any atom is -0.459 e. The molecule has 0 fully saturated rings. The van der Waals surface area contributed by atoms with Gasteiger partial charge in [0, 0.05) is 0 Å². The molecule has 12 heavy (non-hydrogen) atoms. The third kappa shape index (κ3) is 1.82. The fraction of sp³-hybridized carbons (Fsp3) is 0.429. The van der Waals surface area contributed by atoms with Crippen LogP contribution in [-0.2, 0) is 11.3 Å². The van der Waals surface area contributed by atoms with E-state index in [4.69, 9.17) is 9.52 Å². The summed E-state index contributed by atoms with van der Waals surface area (Å²) >= 11 is 0. The monoisotopic (exact) mass is 171 g/mol. The van der Waals surface area contributed by atoms with Crippen molar-refractivity contribution in [1.82, 2.24) is 4.98 Å². The summed E-state index contributed by atoms with van der Waals surface area (Å²) < 4.78 is 9.42. The zero-order valence-corrected chi connectivity index (χ0v) is 6.61. The van der Waals surface area contributed by atoms with Crippen molar-refractivity contribution < 1.29 is 19.1 Å². The molecule has 1 rings (SSSR count). The molecule has 0 aliphatic rings. The molecule has 0 saturated carbocycles. The summed E-state index contributed by atoms with van der Waals surface area (Å²) in [6, 6.07) is 0. The van der Waals surface area contributed by atoms with Crippen LogP contribution in [0, 0.1) is 0 Å². The Morgan fingerprint density at radius 2 is 2.58 bits per heavy atom. The van der Waals surface area contributed by atoms with Crippen molar-refractivity contribution in [2.45, 2.75) is 13.5 Å². The molecule has 0 aliphatic carbocycles. The molecule has 0 spiro atoms. The number of hydrogen-bond donors (Lipinski definition) is 1. The van der Waals surface area contributed by atoms with Gasteiger partial charge in [-0.25, -0.2) is 9.78 Å². The standard InChI is InChI=1S/C7H9NO4/c1-2-11-7(10)6-8-3-5(4-9)12-6/h3,9H,2,4H2,1H3. The highest BCUT2D eigenvalue weighted by Crippen LogP contribution is 2.04. The lowest BCUT2D eigenvalue weighted by Gasteiger charge is -1.94. The summed E-state index contributed by atoms with van der Waals surface area (Å²) in [6.45, 7) is 1.69. The van der Waals surface area contributed by atoms with E-state index >= 15 is 0 Å². The van der Waals surface area contributed by atoms with E-state index in [-0.39, 0.29) is 24.9 Å². The maximum Gasteiger partial charge on any atom is 0.394 e. The number of aliphatic hydroxyl groups is 1. The van der Waals surface area contributed by atoms with Crippen LogP contribution < -0.4 is 0 Å². The van der Waals surface area contributed by atoms with Crippen molar-refractivity contribution in [2.75, 3.05) is 6.61 Å². The molecule has 1 N–H and O–H groups in total. The fourth-order valence-corrected chi connectivity index (χ4v) is 0.668. The van der Waals surface area contributed by atoms with Crippen molar-refractivity contribution in [1.29, 1.82) is 0 Å². The van der Waals surface area contributed by atoms with E-state index in [0.717, 1.165) is 0 Å². The van der Waals surface area contributed by atoms with Crippen LogP contribution in [-0.4, -0.2) is 22.7 Å². The van der Waals surface area contributed by atoms with Crippen LogP contribution in [0.5, 0.6) is 0 Å². The van der Waals surface area contributed by atoms with E-state index in [1.165, 1.54) is 6.20 Å². The molecular weight excluding hydrogens is 162 g/mol. The lowest BCUT2D eigenvalue weighted by atomic mass is 10.6. The van der Waals surface area contributed by atoms with Crippen molar-refractivity contribution in [3.05, 3.63) is 17.8 Å². The van der Waals surface area contributed by atoms with E-state index in [1.54, 1.807) is 6.92 Å². The Morgan fingerprint density at radius 1 is 1.83 bits per heavy atom. The predicted molar refractivity (Wildman–Crippen MR) is 38.4 cm³/mol. The molecule has 1 heterocycles. The number of esters is 1. The average Bonchev–Trinajstić information content (AvgIpc) is 2.52. The first-order valence-corrected chi connectivity index (χ1v) is 3.50. The van der Waals surface area contributed by atoms with Crippen LogP contribution >= 0.6 is 0 Å². The van der Waals surface area contributed by atoms with Gasteiger partial charge in [0.05, 0.1) is 12.8 Å². The summed E-state index contributed by atoms with van der Waals surface area (Å²) in [7, 11) is 0. The van der Waals surface area contributed by atoms with Crippen molar-refractivity contribution >= 4 is 5.97 Å². The summed E-state index contributed by atoms with van der Waals surface area (Å²) in [5.74, 6) is -0.490. The molecular formula is C7H9NO4. The third-order valence-corrected chi connectivity index (χ3v) is 1.16. The quantitative estimate of drug-likeness (QED) is 0.664. The zero-order valence-electron chi connectivity index (χ0n) is 6.61. The lowest BCUT2D eigenvalue weighted by Crippen LogP contribution is -2.04. The summed E-state index contributed by atoms with van der Waals surface area (Å²) in [4.78, 5) is 14.5. The van der Waals surface area contributed by atoms with Gasteiger partial charge in [0.2, 0.25) is 0 Å². The van der Waals surface area contributed by atoms with Gasteiger partial charge in [0.15, 0.2) is 5.76 Å². The Labute approximate surface area is 69.0 Å². The Hall–Kier alpha value is -1.36. The molecule has 1 aromatic heterocycles. The highest BCUT2D eigenvalue weighted by atomic mass is 16.5. The average molecular weight is 171 g/mol. The number of aliphatic hydroxyl groups excluding tert-OH is 1. The number of carbonyl (C=O) groups excluding carboxylic acids is 1. The molecule has 0 saturated heterocycles. The van der Waals surface area contributed by atoms with Crippen molar-refractivity contribution in [3.8, 4) is 0 Å². The molecule has 1 aromatic rings. The van der Waals surface area contributed by atoms with Gasteiger partial charge >= 0.3 is 11.9 Å². The van der Waals surface area contributed by atoms with Gasteiger partial charge in [-0.3, -0.25) is 0 Å². The van der Waals surface area contributed by atoms with Crippen LogP contribution in [0.15, 0.2) is 10.6 Å². The van der Waals surface area contributed by atoms with Gasteiger partial charge in [-0.05, 0) is 6.92 Å². The minimum atomic E-state index is -0.614. The van der Waals surface area contributed by atoms with Crippen LogP contribution in [0.3, 0.4) is 0 Å². The molecule has 0 amide bonds. The first-order chi connectivity index (χ1) is 5.77. The van der Waals surface area contributed by atoms with Gasteiger partial charge in [0.1, 0.15) is 6.61 Å². The number of ether oxygens (including phenoxy) is 1. The molecule has 0 bridgehead atoms. The fourth-order valence-electron chi connectivity index (χ4n) is 0.668. The van der Waals surface area contributed by atoms with E-state index in [0.29, 0.717) is 0 Å². The number of oxazole rings is 1. The molecule has 66 valence electrons. The zero-order chi connectivity index (χ0) is 8.97. The maximum atomic E-state index is 10.9. The number of carbonyl (C=O) groups is 1. The van der Waals surface area contributed by atoms with Gasteiger partial charge < -0.3 is 14.3 Å². The van der Waals surface area contributed by atoms with Crippen LogP contribution in [0.1, 0.15) is 23.4 Å². The molecule has 5 heteroatoms. The lowest BCUT2D eigenvalue weighted by molar-refractivity contribution is 0.0476. The van der Waals surface area contributed by atoms with E-state index in [2.05, 4.69) is 9.72 Å². The molecule has 0 atom stereocenters. The Kier molecular flexibility index (Phi) is 2.82. The predicted octanol–water partition coefficient (Wildman–Crippen LogP) is 0.344. The van der Waals surface area contributed by atoms with Gasteiger partial charge in [-0.15, -0.1) is 0 Å². The van der Waals surface area contributed by atoms with E-state index in [9.17, 15) is 4.79 Å². The normalized spacial score (nSPS) is 9.83. The van der Waals surface area contributed by atoms with Gasteiger partial charge in [-0.2, -0.15) is 0 Å². The highest BCUT2D eigenvalue weighted by molar-refractivity contribution is 5.84. The minimum absolute atomic E-state index is 0.124. The molecule has 5 nitrogen and oxygen atoms in total. The van der Waals surface area contributed by atoms with Gasteiger partial charge in [-0.1, -0.05) is 0 Å². The van der Waals surface area contributed by atoms with Crippen LogP contribution in [0.25, 0.3) is 0 Å². The van der Waals surface area contributed by atoms with Crippen molar-refractivity contribution in [3.63, 3.8) is 0 Å². The first kappa shape index (κ1) is 8.73. The number of aromatic nitrogens is 1. The first-order valence-electron chi connectivity index (χ1n) is 3.50. The number of rotatable bonds is 3. The van der Waals surface area contributed by atoms with E-state index in [1.807, 2.05) is 0 Å². The second-order valence-electron chi connectivity index (χ2n) is 2.01. The smallest absolute Gasteiger partial charge is 0.394 e. The van der Waals surface area contributed by atoms with Crippen LogP contribution in [0.2, 0.25) is 0 Å². The SMILES string of the molecule is CCOC(=O)c1ncc(CO)o1. The maximum absolute atomic E-state index is 10.9. The Balaban J connectivity index is 2.68.